The lowest BCUT2D eigenvalue weighted by molar-refractivity contribution is -0.0954. The Balaban J connectivity index is 1.73. The standard InChI is InChI=1S/C18H21ClN2O2S/c1-11-8-18(17-12(5-6-23-18)7-15(19)24-17)9-14(20-11)13-3-4-16(22)21(2)10-13/h3-4,7,10-11,14,20H,5-6,8-9H2,1-2H3. The summed E-state index contributed by atoms with van der Waals surface area (Å²) in [5, 5.41) is 3.66. The highest BCUT2D eigenvalue weighted by Gasteiger charge is 2.46. The zero-order valence-electron chi connectivity index (χ0n) is 13.8. The van der Waals surface area contributed by atoms with Crippen LogP contribution in [0.5, 0.6) is 0 Å². The molecule has 6 heteroatoms. The number of fused-ring (bicyclic) bond motifs is 2. The van der Waals surface area contributed by atoms with Crippen LogP contribution in [0.4, 0.5) is 0 Å². The molecule has 4 rings (SSSR count). The van der Waals surface area contributed by atoms with Crippen LogP contribution in [0.1, 0.15) is 41.8 Å². The molecule has 24 heavy (non-hydrogen) atoms. The fourth-order valence-electron chi connectivity index (χ4n) is 4.10. The molecule has 0 aromatic carbocycles. The van der Waals surface area contributed by atoms with Gasteiger partial charge in [-0.1, -0.05) is 17.7 Å². The zero-order valence-corrected chi connectivity index (χ0v) is 15.4. The van der Waals surface area contributed by atoms with Crippen molar-refractivity contribution in [1.82, 2.24) is 9.88 Å². The van der Waals surface area contributed by atoms with Crippen molar-refractivity contribution in [3.63, 3.8) is 0 Å². The third-order valence-electron chi connectivity index (χ3n) is 5.11. The first kappa shape index (κ1) is 16.3. The number of nitrogens with one attached hydrogen (secondary N) is 1. The first-order valence-corrected chi connectivity index (χ1v) is 9.51. The van der Waals surface area contributed by atoms with Gasteiger partial charge in [0, 0.05) is 42.7 Å². The molecule has 2 aromatic rings. The lowest BCUT2D eigenvalue weighted by Gasteiger charge is -2.46. The molecule has 1 spiro atoms. The van der Waals surface area contributed by atoms with Gasteiger partial charge in [0.2, 0.25) is 5.56 Å². The Morgan fingerprint density at radius 2 is 2.25 bits per heavy atom. The number of nitrogens with zero attached hydrogens (tertiary/aromatic N) is 1. The molecule has 2 aliphatic rings. The number of hydrogen-bond acceptors (Lipinski definition) is 4. The summed E-state index contributed by atoms with van der Waals surface area (Å²) in [7, 11) is 1.79. The van der Waals surface area contributed by atoms with E-state index in [2.05, 4.69) is 18.3 Å². The third-order valence-corrected chi connectivity index (χ3v) is 6.60. The number of piperidine rings is 1. The quantitative estimate of drug-likeness (QED) is 0.843. The fourth-order valence-corrected chi connectivity index (χ4v) is 5.56. The van der Waals surface area contributed by atoms with Crippen LogP contribution >= 0.6 is 22.9 Å². The average Bonchev–Trinajstić information content (AvgIpc) is 2.92. The van der Waals surface area contributed by atoms with Crippen LogP contribution in [0.25, 0.3) is 0 Å². The van der Waals surface area contributed by atoms with Gasteiger partial charge in [-0.15, -0.1) is 11.3 Å². The number of halogens is 1. The Labute approximate surface area is 150 Å². The van der Waals surface area contributed by atoms with Crippen LogP contribution in [0.2, 0.25) is 4.34 Å². The van der Waals surface area contributed by atoms with Crippen LogP contribution in [-0.2, 0) is 23.8 Å². The fraction of sp³-hybridized carbons (Fsp3) is 0.500. The predicted molar refractivity (Wildman–Crippen MR) is 96.9 cm³/mol. The molecule has 0 bridgehead atoms. The summed E-state index contributed by atoms with van der Waals surface area (Å²) in [5.41, 5.74) is 2.21. The highest BCUT2D eigenvalue weighted by molar-refractivity contribution is 7.16. The lowest BCUT2D eigenvalue weighted by Crippen LogP contribution is -2.49. The first-order valence-electron chi connectivity index (χ1n) is 8.32. The summed E-state index contributed by atoms with van der Waals surface area (Å²) >= 11 is 7.95. The van der Waals surface area contributed by atoms with Gasteiger partial charge in [0.15, 0.2) is 0 Å². The van der Waals surface area contributed by atoms with Crippen LogP contribution < -0.4 is 10.9 Å². The van der Waals surface area contributed by atoms with E-state index in [0.717, 1.165) is 35.8 Å². The molecule has 4 heterocycles. The lowest BCUT2D eigenvalue weighted by atomic mass is 9.78. The average molecular weight is 365 g/mol. The van der Waals surface area contributed by atoms with E-state index in [1.165, 1.54) is 10.4 Å². The molecule has 2 aliphatic heterocycles. The monoisotopic (exact) mass is 364 g/mol. The van der Waals surface area contributed by atoms with Crippen molar-refractivity contribution in [3.8, 4) is 0 Å². The van der Waals surface area contributed by atoms with Crippen molar-refractivity contribution in [2.45, 2.75) is 43.9 Å². The van der Waals surface area contributed by atoms with Crippen LogP contribution in [-0.4, -0.2) is 17.2 Å². The van der Waals surface area contributed by atoms with Crippen molar-refractivity contribution in [2.75, 3.05) is 6.61 Å². The summed E-state index contributed by atoms with van der Waals surface area (Å²) in [4.78, 5) is 13.0. The number of hydrogen-bond donors (Lipinski definition) is 1. The molecular formula is C18H21ClN2O2S. The minimum absolute atomic E-state index is 0.0126. The van der Waals surface area contributed by atoms with E-state index in [-0.39, 0.29) is 17.2 Å². The Kier molecular flexibility index (Phi) is 4.07. The second kappa shape index (κ2) is 5.99. The first-order chi connectivity index (χ1) is 11.5. The van der Waals surface area contributed by atoms with Crippen LogP contribution in [0.15, 0.2) is 29.2 Å². The smallest absolute Gasteiger partial charge is 0.250 e. The number of ether oxygens (including phenoxy) is 1. The highest BCUT2D eigenvalue weighted by Crippen LogP contribution is 2.49. The summed E-state index contributed by atoms with van der Waals surface area (Å²) in [5.74, 6) is 0. The predicted octanol–water partition coefficient (Wildman–Crippen LogP) is 3.38. The van der Waals surface area contributed by atoms with Gasteiger partial charge in [0.25, 0.3) is 0 Å². The van der Waals surface area contributed by atoms with Gasteiger partial charge in [-0.3, -0.25) is 4.79 Å². The molecule has 4 nitrogen and oxygen atoms in total. The highest BCUT2D eigenvalue weighted by atomic mass is 35.5. The second-order valence-corrected chi connectivity index (χ2v) is 8.62. The van der Waals surface area contributed by atoms with Crippen LogP contribution in [0, 0.1) is 0 Å². The van der Waals surface area contributed by atoms with Crippen LogP contribution in [0.3, 0.4) is 0 Å². The van der Waals surface area contributed by atoms with Crippen molar-refractivity contribution in [1.29, 1.82) is 0 Å². The molecule has 1 N–H and O–H groups in total. The van der Waals surface area contributed by atoms with Gasteiger partial charge in [0.05, 0.1) is 10.9 Å². The number of thiophene rings is 1. The molecule has 2 aromatic heterocycles. The maximum atomic E-state index is 11.7. The molecule has 0 aliphatic carbocycles. The molecule has 0 amide bonds. The summed E-state index contributed by atoms with van der Waals surface area (Å²) in [6.07, 6.45) is 4.67. The van der Waals surface area contributed by atoms with E-state index < -0.39 is 0 Å². The number of rotatable bonds is 1. The summed E-state index contributed by atoms with van der Waals surface area (Å²) in [6.45, 7) is 2.94. The maximum absolute atomic E-state index is 11.7. The van der Waals surface area contributed by atoms with Crippen molar-refractivity contribution in [3.05, 3.63) is 55.1 Å². The Bertz CT molecular complexity index is 831. The Hall–Kier alpha value is -1.14. The van der Waals surface area contributed by atoms with Gasteiger partial charge in [-0.05, 0) is 37.0 Å². The molecule has 3 unspecified atom stereocenters. The second-order valence-electron chi connectivity index (χ2n) is 6.94. The normalized spacial score (nSPS) is 29.6. The Morgan fingerprint density at radius 3 is 3.04 bits per heavy atom. The van der Waals surface area contributed by atoms with E-state index in [4.69, 9.17) is 16.3 Å². The number of aromatic nitrogens is 1. The molecule has 0 radical (unpaired) electrons. The third kappa shape index (κ3) is 2.73. The SMILES string of the molecule is CC1CC2(CC(c3ccc(=O)n(C)c3)N1)OCCc1cc(Cl)sc12. The van der Waals surface area contributed by atoms with E-state index in [1.807, 2.05) is 12.3 Å². The molecule has 128 valence electrons. The summed E-state index contributed by atoms with van der Waals surface area (Å²) in [6, 6.07) is 6.15. The number of aryl methyl sites for hydroxylation is 1. The number of pyridine rings is 1. The largest absolute Gasteiger partial charge is 0.369 e. The molecular weight excluding hydrogens is 344 g/mol. The topological polar surface area (TPSA) is 43.3 Å². The van der Waals surface area contributed by atoms with Gasteiger partial charge >= 0.3 is 0 Å². The van der Waals surface area contributed by atoms with Gasteiger partial charge in [-0.25, -0.2) is 0 Å². The minimum atomic E-state index is -0.268. The molecule has 1 fully saturated rings. The zero-order chi connectivity index (χ0) is 16.9. The van der Waals surface area contributed by atoms with E-state index in [1.54, 1.807) is 29.0 Å². The molecule has 0 saturated carbocycles. The van der Waals surface area contributed by atoms with Gasteiger partial charge in [-0.2, -0.15) is 0 Å². The van der Waals surface area contributed by atoms with Crippen molar-refractivity contribution < 1.29 is 4.74 Å². The van der Waals surface area contributed by atoms with Crippen molar-refractivity contribution in [2.24, 2.45) is 7.05 Å². The van der Waals surface area contributed by atoms with Gasteiger partial charge in [0.1, 0.15) is 5.60 Å². The summed E-state index contributed by atoms with van der Waals surface area (Å²) < 4.78 is 8.84. The van der Waals surface area contributed by atoms with Gasteiger partial charge < -0.3 is 14.6 Å². The molecule has 3 atom stereocenters. The van der Waals surface area contributed by atoms with E-state index >= 15 is 0 Å². The van der Waals surface area contributed by atoms with Crippen molar-refractivity contribution >= 4 is 22.9 Å². The van der Waals surface area contributed by atoms with E-state index in [0.29, 0.717) is 6.04 Å². The molecule has 1 saturated heterocycles. The Morgan fingerprint density at radius 1 is 1.42 bits per heavy atom. The van der Waals surface area contributed by atoms with E-state index in [9.17, 15) is 4.79 Å². The maximum Gasteiger partial charge on any atom is 0.250 e. The minimum Gasteiger partial charge on any atom is -0.369 e.